The minimum Gasteiger partial charge on any atom is -0.462 e. The molecule has 0 radical (unpaired) electrons. The van der Waals surface area contributed by atoms with E-state index in [2.05, 4.69) is 5.32 Å². The molecule has 0 saturated carbocycles. The van der Waals surface area contributed by atoms with E-state index in [1.54, 1.807) is 0 Å². The average Bonchev–Trinajstić information content (AvgIpc) is 2.60. The Morgan fingerprint density at radius 2 is 1.85 bits per heavy atom. The second-order valence-electron chi connectivity index (χ2n) is 5.72. The van der Waals surface area contributed by atoms with Crippen molar-refractivity contribution < 1.29 is 39.4 Å². The van der Waals surface area contributed by atoms with Crippen LogP contribution in [-0.4, -0.2) is 68.3 Å². The minimum absolute atomic E-state index is 0.215. The Labute approximate surface area is 151 Å². The van der Waals surface area contributed by atoms with Gasteiger partial charge in [-0.2, -0.15) is 0 Å². The molecule has 0 bridgehead atoms. The van der Waals surface area contributed by atoms with Crippen molar-refractivity contribution in [2.45, 2.75) is 37.6 Å². The highest BCUT2D eigenvalue weighted by Gasteiger charge is 2.46. The highest BCUT2D eigenvalue weighted by Crippen LogP contribution is 2.32. The molecular weight excluding hydrogens is 370 g/mol. The van der Waals surface area contributed by atoms with E-state index in [4.69, 9.17) is 9.47 Å². The average molecular weight is 387 g/mol. The Morgan fingerprint density at radius 1 is 1.22 bits per heavy atom. The lowest BCUT2D eigenvalue weighted by Crippen LogP contribution is -2.65. The van der Waals surface area contributed by atoms with Gasteiger partial charge in [-0.25, -0.2) is 0 Å². The molecule has 1 fully saturated rings. The Hall–Kier alpha value is -2.87. The van der Waals surface area contributed by atoms with Crippen LogP contribution in [0.15, 0.2) is 18.2 Å². The van der Waals surface area contributed by atoms with Gasteiger partial charge < -0.3 is 30.1 Å². The molecule has 4 N–H and O–H groups in total. The summed E-state index contributed by atoms with van der Waals surface area (Å²) in [5, 5.41) is 53.5. The molecule has 13 heteroatoms. The number of rotatable bonds is 6. The normalized spacial score (nSPS) is 27.6. The standard InChI is InChI=1S/C14H17N3O10/c1-6(19)15-11-13(21)12(20)10(5-18)27-14(11)26-7-2-3-8(16(22)23)9(4-7)17(24)25/h2-4,10-14,18,20-21H,5H2,1H3,(H,15,19)/t10-,11-,12-,13-,14-/m1/s1. The van der Waals surface area contributed by atoms with Crippen molar-refractivity contribution in [1.82, 2.24) is 5.32 Å². The summed E-state index contributed by atoms with van der Waals surface area (Å²) in [6.45, 7) is 0.469. The van der Waals surface area contributed by atoms with Gasteiger partial charge in [0, 0.05) is 13.0 Å². The maximum atomic E-state index is 11.3. The highest BCUT2D eigenvalue weighted by molar-refractivity contribution is 5.73. The van der Waals surface area contributed by atoms with Crippen molar-refractivity contribution in [3.05, 3.63) is 38.4 Å². The van der Waals surface area contributed by atoms with E-state index in [9.17, 15) is 40.3 Å². The summed E-state index contributed by atoms with van der Waals surface area (Å²) >= 11 is 0. The predicted molar refractivity (Wildman–Crippen MR) is 85.7 cm³/mol. The van der Waals surface area contributed by atoms with E-state index >= 15 is 0 Å². The van der Waals surface area contributed by atoms with E-state index in [-0.39, 0.29) is 5.75 Å². The molecule has 0 spiro atoms. The van der Waals surface area contributed by atoms with Gasteiger partial charge in [0.15, 0.2) is 0 Å². The zero-order chi connectivity index (χ0) is 20.3. The van der Waals surface area contributed by atoms with Gasteiger partial charge in [-0.3, -0.25) is 25.0 Å². The Bertz CT molecular complexity index is 742. The molecule has 1 aliphatic heterocycles. The van der Waals surface area contributed by atoms with Crippen LogP contribution in [0.3, 0.4) is 0 Å². The minimum atomic E-state index is -1.57. The number of amides is 1. The number of benzene rings is 1. The highest BCUT2D eigenvalue weighted by atomic mass is 16.7. The number of nitro benzene ring substituents is 2. The number of hydrogen-bond donors (Lipinski definition) is 4. The van der Waals surface area contributed by atoms with Gasteiger partial charge in [-0.15, -0.1) is 0 Å². The van der Waals surface area contributed by atoms with Gasteiger partial charge in [0.2, 0.25) is 12.2 Å². The van der Waals surface area contributed by atoms with Crippen LogP contribution in [0.4, 0.5) is 11.4 Å². The van der Waals surface area contributed by atoms with Gasteiger partial charge in [0.05, 0.1) is 22.5 Å². The summed E-state index contributed by atoms with van der Waals surface area (Å²) in [6.07, 6.45) is -5.79. The van der Waals surface area contributed by atoms with Crippen molar-refractivity contribution in [3.63, 3.8) is 0 Å². The third-order valence-electron chi connectivity index (χ3n) is 3.84. The summed E-state index contributed by atoms with van der Waals surface area (Å²) in [5.41, 5.74) is -1.58. The summed E-state index contributed by atoms with van der Waals surface area (Å²) in [6, 6.07) is 1.45. The number of aliphatic hydroxyl groups excluding tert-OH is 3. The van der Waals surface area contributed by atoms with Gasteiger partial charge >= 0.3 is 11.4 Å². The fraction of sp³-hybridized carbons (Fsp3) is 0.500. The number of aliphatic hydroxyl groups is 3. The molecule has 0 aliphatic carbocycles. The molecule has 1 aliphatic rings. The van der Waals surface area contributed by atoms with E-state index in [0.29, 0.717) is 0 Å². The predicted octanol–water partition coefficient (Wildman–Crippen LogP) is -1.17. The Morgan fingerprint density at radius 3 is 2.37 bits per heavy atom. The number of ether oxygens (including phenoxy) is 2. The topological polar surface area (TPSA) is 195 Å². The van der Waals surface area contributed by atoms with E-state index in [0.717, 1.165) is 25.1 Å². The Balaban J connectivity index is 2.33. The van der Waals surface area contributed by atoms with Crippen LogP contribution in [0, 0.1) is 20.2 Å². The zero-order valence-electron chi connectivity index (χ0n) is 13.9. The maximum absolute atomic E-state index is 11.3. The molecule has 0 aromatic heterocycles. The first-order valence-electron chi connectivity index (χ1n) is 7.64. The monoisotopic (exact) mass is 387 g/mol. The Kier molecular flexibility index (Phi) is 6.22. The van der Waals surface area contributed by atoms with Gasteiger partial charge in [0.25, 0.3) is 0 Å². The zero-order valence-corrected chi connectivity index (χ0v) is 13.9. The van der Waals surface area contributed by atoms with Crippen LogP contribution in [0.5, 0.6) is 5.75 Å². The number of nitrogens with zero attached hydrogens (tertiary/aromatic N) is 2. The first kappa shape index (κ1) is 20.4. The van der Waals surface area contributed by atoms with E-state index < -0.39 is 64.4 Å². The van der Waals surface area contributed by atoms with E-state index in [1.807, 2.05) is 0 Å². The third-order valence-corrected chi connectivity index (χ3v) is 3.84. The molecule has 5 atom stereocenters. The fourth-order valence-corrected chi connectivity index (χ4v) is 2.58. The van der Waals surface area contributed by atoms with Crippen molar-refractivity contribution in [1.29, 1.82) is 0 Å². The lowest BCUT2D eigenvalue weighted by Gasteiger charge is -2.42. The molecule has 148 valence electrons. The molecule has 1 aromatic carbocycles. The smallest absolute Gasteiger partial charge is 0.349 e. The lowest BCUT2D eigenvalue weighted by molar-refractivity contribution is -0.422. The van der Waals surface area contributed by atoms with Crippen LogP contribution in [-0.2, 0) is 9.53 Å². The van der Waals surface area contributed by atoms with Crippen LogP contribution in [0.2, 0.25) is 0 Å². The van der Waals surface area contributed by atoms with Gasteiger partial charge in [-0.05, 0) is 6.07 Å². The molecule has 1 saturated heterocycles. The fourth-order valence-electron chi connectivity index (χ4n) is 2.58. The molecule has 1 amide bonds. The molecule has 0 unspecified atom stereocenters. The van der Waals surface area contributed by atoms with Crippen molar-refractivity contribution in [3.8, 4) is 5.75 Å². The molecular formula is C14H17N3O10. The number of carbonyl (C=O) groups is 1. The van der Waals surface area contributed by atoms with E-state index in [1.165, 1.54) is 0 Å². The SMILES string of the molecule is CC(=O)N[C@H]1[C@H](Oc2ccc([N+](=O)[O-])c([N+](=O)[O-])c2)O[C@H](CO)[C@@H](O)[C@@H]1O. The second kappa shape index (κ2) is 8.22. The molecule has 13 nitrogen and oxygen atoms in total. The summed E-state index contributed by atoms with van der Waals surface area (Å²) in [7, 11) is 0. The first-order chi connectivity index (χ1) is 12.6. The number of carbonyl (C=O) groups excluding carboxylic acids is 1. The largest absolute Gasteiger partial charge is 0.462 e. The number of nitrogens with one attached hydrogen (secondary N) is 1. The summed E-state index contributed by atoms with van der Waals surface area (Å²) in [4.78, 5) is 31.3. The van der Waals surface area contributed by atoms with Crippen molar-refractivity contribution >= 4 is 17.3 Å². The van der Waals surface area contributed by atoms with Gasteiger partial charge in [-0.1, -0.05) is 0 Å². The molecule has 2 rings (SSSR count). The quantitative estimate of drug-likeness (QED) is 0.341. The second-order valence-corrected chi connectivity index (χ2v) is 5.72. The molecule has 1 aromatic rings. The van der Waals surface area contributed by atoms with Crippen LogP contribution in [0.1, 0.15) is 6.92 Å². The lowest BCUT2D eigenvalue weighted by atomic mass is 9.97. The number of nitro groups is 2. The third kappa shape index (κ3) is 4.46. The van der Waals surface area contributed by atoms with Gasteiger partial charge in [0.1, 0.15) is 30.1 Å². The van der Waals surface area contributed by atoms with Crippen LogP contribution < -0.4 is 10.1 Å². The van der Waals surface area contributed by atoms with Crippen molar-refractivity contribution in [2.24, 2.45) is 0 Å². The first-order valence-corrected chi connectivity index (χ1v) is 7.64. The maximum Gasteiger partial charge on any atom is 0.349 e. The molecule has 1 heterocycles. The number of hydrogen-bond acceptors (Lipinski definition) is 10. The summed E-state index contributed by atoms with van der Waals surface area (Å²) < 4.78 is 10.7. The van der Waals surface area contributed by atoms with Crippen LogP contribution >= 0.6 is 0 Å². The van der Waals surface area contributed by atoms with Crippen LogP contribution in [0.25, 0.3) is 0 Å². The summed E-state index contributed by atoms with van der Waals surface area (Å²) in [5.74, 6) is -0.798. The van der Waals surface area contributed by atoms with Crippen molar-refractivity contribution in [2.75, 3.05) is 6.61 Å². The molecule has 27 heavy (non-hydrogen) atoms.